The van der Waals surface area contributed by atoms with E-state index in [1.165, 1.54) is 0 Å². The lowest BCUT2D eigenvalue weighted by Gasteiger charge is -2.38. The minimum absolute atomic E-state index is 0.148. The summed E-state index contributed by atoms with van der Waals surface area (Å²) in [5, 5.41) is 0. The topological polar surface area (TPSA) is 81.9 Å². The lowest BCUT2D eigenvalue weighted by molar-refractivity contribution is 0.192. The van der Waals surface area contributed by atoms with Crippen molar-refractivity contribution < 1.29 is 17.9 Å². The molecule has 0 aliphatic carbocycles. The van der Waals surface area contributed by atoms with Gasteiger partial charge in [-0.3, -0.25) is 0 Å². The first-order chi connectivity index (χ1) is 11.0. The van der Waals surface area contributed by atoms with E-state index in [4.69, 9.17) is 15.2 Å². The maximum atomic E-state index is 13.0. The van der Waals surface area contributed by atoms with Crippen LogP contribution in [0.25, 0.3) is 0 Å². The molecule has 0 saturated carbocycles. The average molecular weight is 340 g/mol. The number of fused-ring (bicyclic) bond motifs is 1. The molecule has 7 heteroatoms. The van der Waals surface area contributed by atoms with Gasteiger partial charge in [0, 0.05) is 31.6 Å². The van der Waals surface area contributed by atoms with Gasteiger partial charge in [0.05, 0.1) is 18.1 Å². The minimum atomic E-state index is -3.58. The maximum Gasteiger partial charge on any atom is 0.243 e. The Hall–Kier alpha value is -1.31. The van der Waals surface area contributed by atoms with Crippen molar-refractivity contribution in [1.29, 1.82) is 0 Å². The number of ether oxygens (including phenoxy) is 2. The summed E-state index contributed by atoms with van der Waals surface area (Å²) in [6.45, 7) is 4.03. The molecule has 0 amide bonds. The van der Waals surface area contributed by atoms with Crippen LogP contribution in [0.5, 0.6) is 11.5 Å². The molecule has 2 N–H and O–H groups in total. The van der Waals surface area contributed by atoms with E-state index in [0.717, 1.165) is 19.3 Å². The Balaban J connectivity index is 1.94. The molecule has 3 rings (SSSR count). The zero-order chi connectivity index (χ0) is 16.4. The summed E-state index contributed by atoms with van der Waals surface area (Å²) in [5.74, 6) is 1.37. The van der Waals surface area contributed by atoms with Gasteiger partial charge in [-0.15, -0.1) is 0 Å². The molecule has 0 bridgehead atoms. The monoisotopic (exact) mass is 340 g/mol. The van der Waals surface area contributed by atoms with Gasteiger partial charge >= 0.3 is 0 Å². The van der Waals surface area contributed by atoms with E-state index in [-0.39, 0.29) is 16.9 Å². The standard InChI is InChI=1S/C16H24N2O4S/c1-12-4-2-7-18(14(12)11-17)23(19,20)13-5-6-15-16(10-13)22-9-3-8-21-15/h5-6,10,12,14H,2-4,7-9,11,17H2,1H3. The molecule has 128 valence electrons. The fourth-order valence-electron chi connectivity index (χ4n) is 3.30. The first kappa shape index (κ1) is 16.5. The van der Waals surface area contributed by atoms with Gasteiger partial charge < -0.3 is 15.2 Å². The van der Waals surface area contributed by atoms with Crippen LogP contribution in [0, 0.1) is 5.92 Å². The van der Waals surface area contributed by atoms with Crippen LogP contribution in [0.3, 0.4) is 0 Å². The Morgan fingerprint density at radius 2 is 1.96 bits per heavy atom. The van der Waals surface area contributed by atoms with Gasteiger partial charge in [-0.2, -0.15) is 4.31 Å². The number of hydrogen-bond acceptors (Lipinski definition) is 5. The first-order valence-corrected chi connectivity index (χ1v) is 9.59. The zero-order valence-electron chi connectivity index (χ0n) is 13.4. The Bertz CT molecular complexity index is 662. The van der Waals surface area contributed by atoms with Crippen molar-refractivity contribution in [3.8, 4) is 11.5 Å². The number of piperidine rings is 1. The van der Waals surface area contributed by atoms with Crippen molar-refractivity contribution in [3.05, 3.63) is 18.2 Å². The quantitative estimate of drug-likeness (QED) is 0.904. The van der Waals surface area contributed by atoms with Gasteiger partial charge in [0.15, 0.2) is 11.5 Å². The van der Waals surface area contributed by atoms with Crippen LogP contribution in [-0.4, -0.2) is 45.1 Å². The zero-order valence-corrected chi connectivity index (χ0v) is 14.2. The molecule has 2 heterocycles. The molecule has 0 spiro atoms. The summed E-state index contributed by atoms with van der Waals surface area (Å²) in [6.07, 6.45) is 2.66. The largest absolute Gasteiger partial charge is 0.490 e. The number of hydrogen-bond donors (Lipinski definition) is 1. The van der Waals surface area contributed by atoms with Gasteiger partial charge in [0.1, 0.15) is 0 Å². The van der Waals surface area contributed by atoms with Crippen LogP contribution in [0.15, 0.2) is 23.1 Å². The van der Waals surface area contributed by atoms with Crippen molar-refractivity contribution in [2.75, 3.05) is 26.3 Å². The van der Waals surface area contributed by atoms with Crippen molar-refractivity contribution in [3.63, 3.8) is 0 Å². The third-order valence-electron chi connectivity index (χ3n) is 4.63. The maximum absolute atomic E-state index is 13.0. The van der Waals surface area contributed by atoms with E-state index in [9.17, 15) is 8.42 Å². The van der Waals surface area contributed by atoms with Crippen LogP contribution >= 0.6 is 0 Å². The molecule has 1 fully saturated rings. The molecule has 6 nitrogen and oxygen atoms in total. The predicted molar refractivity (Wildman–Crippen MR) is 87.2 cm³/mol. The van der Waals surface area contributed by atoms with Crippen molar-refractivity contribution in [2.24, 2.45) is 11.7 Å². The molecule has 1 saturated heterocycles. The molecule has 2 aliphatic rings. The third-order valence-corrected chi connectivity index (χ3v) is 6.55. The second-order valence-corrected chi connectivity index (χ2v) is 8.09. The molecular formula is C16H24N2O4S. The van der Waals surface area contributed by atoms with Gasteiger partial charge in [-0.1, -0.05) is 6.92 Å². The number of rotatable bonds is 3. The summed E-state index contributed by atoms with van der Waals surface area (Å²) < 4.78 is 38.8. The van der Waals surface area contributed by atoms with E-state index in [2.05, 4.69) is 6.92 Å². The van der Waals surface area contributed by atoms with E-state index in [0.29, 0.717) is 37.8 Å². The Morgan fingerprint density at radius 1 is 1.22 bits per heavy atom. The Kier molecular flexibility index (Phi) is 4.79. The van der Waals surface area contributed by atoms with Crippen molar-refractivity contribution in [2.45, 2.75) is 37.1 Å². The molecule has 1 aromatic carbocycles. The fraction of sp³-hybridized carbons (Fsp3) is 0.625. The number of sulfonamides is 1. The first-order valence-electron chi connectivity index (χ1n) is 8.15. The summed E-state index contributed by atoms with van der Waals surface area (Å²) in [5.41, 5.74) is 5.84. The molecule has 0 radical (unpaired) electrons. The second kappa shape index (κ2) is 6.67. The summed E-state index contributed by atoms with van der Waals surface area (Å²) in [6, 6.07) is 4.70. The Labute approximate surface area is 137 Å². The molecule has 2 unspecified atom stereocenters. The highest BCUT2D eigenvalue weighted by atomic mass is 32.2. The van der Waals surface area contributed by atoms with Crippen molar-refractivity contribution in [1.82, 2.24) is 4.31 Å². The third kappa shape index (κ3) is 3.18. The van der Waals surface area contributed by atoms with E-state index in [1.54, 1.807) is 22.5 Å². The molecule has 2 atom stereocenters. The molecule has 1 aromatic rings. The van der Waals surface area contributed by atoms with Gasteiger partial charge in [0.25, 0.3) is 0 Å². The van der Waals surface area contributed by atoms with Gasteiger partial charge in [0.2, 0.25) is 10.0 Å². The summed E-state index contributed by atoms with van der Waals surface area (Å²) in [4.78, 5) is 0.245. The number of nitrogens with two attached hydrogens (primary N) is 1. The normalized spacial score (nSPS) is 25.8. The highest BCUT2D eigenvalue weighted by Gasteiger charge is 2.36. The molecule has 23 heavy (non-hydrogen) atoms. The minimum Gasteiger partial charge on any atom is -0.490 e. The van der Waals surface area contributed by atoms with Gasteiger partial charge in [-0.25, -0.2) is 8.42 Å². The second-order valence-electron chi connectivity index (χ2n) is 6.20. The molecule has 2 aliphatic heterocycles. The molecule has 0 aromatic heterocycles. The van der Waals surface area contributed by atoms with Gasteiger partial charge in [-0.05, 0) is 30.9 Å². The van der Waals surface area contributed by atoms with Crippen LogP contribution in [-0.2, 0) is 10.0 Å². The average Bonchev–Trinajstić information content (AvgIpc) is 2.79. The molecular weight excluding hydrogens is 316 g/mol. The van der Waals surface area contributed by atoms with Crippen LogP contribution in [0.1, 0.15) is 26.2 Å². The van der Waals surface area contributed by atoms with Crippen molar-refractivity contribution >= 4 is 10.0 Å². The lowest BCUT2D eigenvalue weighted by Crippen LogP contribution is -2.51. The SMILES string of the molecule is CC1CCCN(S(=O)(=O)c2ccc3c(c2)OCCCO3)C1CN. The highest BCUT2D eigenvalue weighted by Crippen LogP contribution is 2.35. The number of nitrogens with zero attached hydrogens (tertiary/aromatic N) is 1. The van der Waals surface area contributed by atoms with Crippen LogP contribution in [0.2, 0.25) is 0 Å². The smallest absolute Gasteiger partial charge is 0.243 e. The summed E-state index contributed by atoms with van der Waals surface area (Å²) in [7, 11) is -3.58. The van der Waals surface area contributed by atoms with E-state index < -0.39 is 10.0 Å². The lowest BCUT2D eigenvalue weighted by atomic mass is 9.93. The highest BCUT2D eigenvalue weighted by molar-refractivity contribution is 7.89. The Morgan fingerprint density at radius 3 is 2.70 bits per heavy atom. The van der Waals surface area contributed by atoms with E-state index >= 15 is 0 Å². The number of benzene rings is 1. The summed E-state index contributed by atoms with van der Waals surface area (Å²) >= 11 is 0. The van der Waals surface area contributed by atoms with Crippen LogP contribution in [0.4, 0.5) is 0 Å². The van der Waals surface area contributed by atoms with Crippen LogP contribution < -0.4 is 15.2 Å². The predicted octanol–water partition coefficient (Wildman–Crippen LogP) is 1.60. The van der Waals surface area contributed by atoms with E-state index in [1.807, 2.05) is 0 Å². The fourth-order valence-corrected chi connectivity index (χ4v) is 5.09.